The Morgan fingerprint density at radius 2 is 1.21 bits per heavy atom. The molecule has 0 aliphatic heterocycles. The predicted molar refractivity (Wildman–Crippen MR) is 162 cm³/mol. The fraction of sp³-hybridized carbons (Fsp3) is 0.727. The lowest BCUT2D eigenvalue weighted by Crippen LogP contribution is -2.32. The van der Waals surface area contributed by atoms with Crippen molar-refractivity contribution in [3.05, 3.63) is 17.7 Å². The van der Waals surface area contributed by atoms with Crippen LogP contribution >= 0.6 is 0 Å². The standard InChI is InChI=1S/C33H53N3O3/c1-21(2)17-27-28(34-20-37)18-26(35-30(38)22-9-13-24(14-10-22)32(3,4)5)19-29(27)36-31(39)23-11-15-25(16-12-23)33(6,7)8/h18-25H,9-17H2,1-8H3,(H,34,37)(H,35,38)(H,36,39). The van der Waals surface area contributed by atoms with Crippen LogP contribution in [0.3, 0.4) is 0 Å². The maximum Gasteiger partial charge on any atom is 0.227 e. The topological polar surface area (TPSA) is 87.3 Å². The molecule has 39 heavy (non-hydrogen) atoms. The van der Waals surface area contributed by atoms with Gasteiger partial charge in [-0.3, -0.25) is 14.4 Å². The Hall–Kier alpha value is -2.37. The Labute approximate surface area is 236 Å². The van der Waals surface area contributed by atoms with Crippen molar-refractivity contribution in [1.29, 1.82) is 0 Å². The molecule has 2 fully saturated rings. The third-order valence-corrected chi connectivity index (χ3v) is 9.25. The van der Waals surface area contributed by atoms with Gasteiger partial charge in [-0.25, -0.2) is 0 Å². The molecule has 1 aromatic rings. The van der Waals surface area contributed by atoms with Crippen LogP contribution in [0.1, 0.15) is 112 Å². The van der Waals surface area contributed by atoms with Crippen LogP contribution in [-0.4, -0.2) is 18.2 Å². The largest absolute Gasteiger partial charge is 0.328 e. The molecule has 2 aliphatic carbocycles. The van der Waals surface area contributed by atoms with Gasteiger partial charge < -0.3 is 16.0 Å². The van der Waals surface area contributed by atoms with E-state index in [0.717, 1.165) is 56.9 Å². The van der Waals surface area contributed by atoms with E-state index in [-0.39, 0.29) is 34.5 Å². The van der Waals surface area contributed by atoms with Crippen molar-refractivity contribution in [1.82, 2.24) is 0 Å². The van der Waals surface area contributed by atoms with E-state index in [1.165, 1.54) is 0 Å². The van der Waals surface area contributed by atoms with Crippen LogP contribution in [0.25, 0.3) is 0 Å². The SMILES string of the molecule is CC(C)Cc1c(NC=O)cc(NC(=O)C2CCC(C(C)(C)C)CC2)cc1NC(=O)C1CCC(C(C)(C)C)CC1. The molecule has 0 bridgehead atoms. The van der Waals surface area contributed by atoms with E-state index in [9.17, 15) is 14.4 Å². The molecule has 0 saturated heterocycles. The maximum absolute atomic E-state index is 13.4. The van der Waals surface area contributed by atoms with Crippen molar-refractivity contribution in [2.24, 2.45) is 40.4 Å². The van der Waals surface area contributed by atoms with E-state index in [1.807, 2.05) is 12.1 Å². The highest BCUT2D eigenvalue weighted by Crippen LogP contribution is 2.42. The first-order valence-electron chi connectivity index (χ1n) is 15.2. The first-order valence-corrected chi connectivity index (χ1v) is 15.2. The molecular formula is C33H53N3O3. The van der Waals surface area contributed by atoms with Crippen molar-refractivity contribution in [2.75, 3.05) is 16.0 Å². The Morgan fingerprint density at radius 3 is 1.62 bits per heavy atom. The van der Waals surface area contributed by atoms with Gasteiger partial charge in [0.2, 0.25) is 18.2 Å². The van der Waals surface area contributed by atoms with Crippen LogP contribution < -0.4 is 16.0 Å². The molecule has 0 heterocycles. The summed E-state index contributed by atoms with van der Waals surface area (Å²) in [5.41, 5.74) is 3.37. The van der Waals surface area contributed by atoms with Crippen molar-refractivity contribution in [2.45, 2.75) is 113 Å². The molecule has 2 saturated carbocycles. The minimum atomic E-state index is -0.0192. The third kappa shape index (κ3) is 8.56. The van der Waals surface area contributed by atoms with E-state index < -0.39 is 0 Å². The molecule has 0 radical (unpaired) electrons. The Kier molecular flexibility index (Phi) is 10.3. The summed E-state index contributed by atoms with van der Waals surface area (Å²) in [5.74, 6) is 1.63. The summed E-state index contributed by atoms with van der Waals surface area (Å²) in [7, 11) is 0. The van der Waals surface area contributed by atoms with Crippen molar-refractivity contribution < 1.29 is 14.4 Å². The normalized spacial score (nSPS) is 24.2. The van der Waals surface area contributed by atoms with Crippen molar-refractivity contribution in [3.63, 3.8) is 0 Å². The van der Waals surface area contributed by atoms with Gasteiger partial charge in [0.05, 0.1) is 0 Å². The van der Waals surface area contributed by atoms with Gasteiger partial charge in [0.1, 0.15) is 0 Å². The quantitative estimate of drug-likeness (QED) is 0.292. The molecule has 0 aromatic heterocycles. The molecule has 3 rings (SSSR count). The second-order valence-electron chi connectivity index (χ2n) is 14.7. The number of nitrogens with one attached hydrogen (secondary N) is 3. The fourth-order valence-corrected chi connectivity index (χ4v) is 6.60. The molecule has 3 amide bonds. The molecule has 2 aliphatic rings. The Morgan fingerprint density at radius 1 is 0.769 bits per heavy atom. The number of amides is 3. The highest BCUT2D eigenvalue weighted by Gasteiger charge is 2.34. The van der Waals surface area contributed by atoms with Gasteiger partial charge in [0.15, 0.2) is 0 Å². The number of carbonyl (C=O) groups is 3. The summed E-state index contributed by atoms with van der Waals surface area (Å²) >= 11 is 0. The molecule has 6 nitrogen and oxygen atoms in total. The molecule has 3 N–H and O–H groups in total. The van der Waals surface area contributed by atoms with Crippen LogP contribution in [-0.2, 0) is 20.8 Å². The zero-order valence-corrected chi connectivity index (χ0v) is 25.7. The van der Waals surface area contributed by atoms with Gasteiger partial charge >= 0.3 is 0 Å². The lowest BCUT2D eigenvalue weighted by atomic mass is 9.69. The van der Waals surface area contributed by atoms with E-state index in [1.54, 1.807) is 0 Å². The highest BCUT2D eigenvalue weighted by atomic mass is 16.2. The lowest BCUT2D eigenvalue weighted by Gasteiger charge is -2.36. The van der Waals surface area contributed by atoms with Gasteiger partial charge in [-0.2, -0.15) is 0 Å². The summed E-state index contributed by atoms with van der Waals surface area (Å²) in [4.78, 5) is 38.2. The van der Waals surface area contributed by atoms with Crippen molar-refractivity contribution in [3.8, 4) is 0 Å². The first kappa shape index (κ1) is 31.2. The molecule has 218 valence electrons. The van der Waals surface area contributed by atoms with E-state index in [0.29, 0.717) is 47.6 Å². The number of anilines is 3. The Bertz CT molecular complexity index is 1000. The summed E-state index contributed by atoms with van der Waals surface area (Å²) in [6.45, 7) is 17.9. The summed E-state index contributed by atoms with van der Waals surface area (Å²) < 4.78 is 0. The average Bonchev–Trinajstić information content (AvgIpc) is 2.85. The predicted octanol–water partition coefficient (Wildman–Crippen LogP) is 8.04. The number of carbonyl (C=O) groups excluding carboxylic acids is 3. The second-order valence-corrected chi connectivity index (χ2v) is 14.7. The van der Waals surface area contributed by atoms with Crippen LogP contribution in [0.4, 0.5) is 17.1 Å². The number of hydrogen-bond donors (Lipinski definition) is 3. The third-order valence-electron chi connectivity index (χ3n) is 9.25. The zero-order valence-electron chi connectivity index (χ0n) is 25.7. The summed E-state index contributed by atoms with van der Waals surface area (Å²) in [6.07, 6.45) is 9.17. The first-order chi connectivity index (χ1) is 18.2. The number of hydrogen-bond acceptors (Lipinski definition) is 3. The van der Waals surface area contributed by atoms with Gasteiger partial charge in [0, 0.05) is 28.9 Å². The molecule has 6 heteroatoms. The van der Waals surface area contributed by atoms with Gasteiger partial charge in [0.25, 0.3) is 0 Å². The highest BCUT2D eigenvalue weighted by molar-refractivity contribution is 5.98. The molecule has 1 aromatic carbocycles. The fourth-order valence-electron chi connectivity index (χ4n) is 6.60. The average molecular weight is 540 g/mol. The van der Waals surface area contributed by atoms with Gasteiger partial charge in [-0.1, -0.05) is 55.4 Å². The molecule has 0 spiro atoms. The molecular weight excluding hydrogens is 486 g/mol. The number of rotatable bonds is 8. The minimum absolute atomic E-state index is 0.0162. The second kappa shape index (κ2) is 12.9. The van der Waals surface area contributed by atoms with E-state index in [2.05, 4.69) is 71.3 Å². The van der Waals surface area contributed by atoms with Crippen LogP contribution in [0.2, 0.25) is 0 Å². The number of benzene rings is 1. The molecule has 0 atom stereocenters. The van der Waals surface area contributed by atoms with Crippen LogP contribution in [0.5, 0.6) is 0 Å². The van der Waals surface area contributed by atoms with E-state index >= 15 is 0 Å². The van der Waals surface area contributed by atoms with Crippen molar-refractivity contribution >= 4 is 35.3 Å². The molecule has 0 unspecified atom stereocenters. The lowest BCUT2D eigenvalue weighted by molar-refractivity contribution is -0.122. The smallest absolute Gasteiger partial charge is 0.227 e. The van der Waals surface area contributed by atoms with Gasteiger partial charge in [-0.05, 0) is 104 Å². The van der Waals surface area contributed by atoms with Gasteiger partial charge in [-0.15, -0.1) is 0 Å². The monoisotopic (exact) mass is 539 g/mol. The van der Waals surface area contributed by atoms with Crippen LogP contribution in [0, 0.1) is 40.4 Å². The summed E-state index contributed by atoms with van der Waals surface area (Å²) in [5, 5.41) is 9.15. The zero-order chi connectivity index (χ0) is 29.0. The maximum atomic E-state index is 13.4. The minimum Gasteiger partial charge on any atom is -0.328 e. The van der Waals surface area contributed by atoms with Crippen LogP contribution in [0.15, 0.2) is 12.1 Å². The summed E-state index contributed by atoms with van der Waals surface area (Å²) in [6, 6.07) is 3.71. The van der Waals surface area contributed by atoms with E-state index in [4.69, 9.17) is 0 Å². The Balaban J connectivity index is 1.78.